The van der Waals surface area contributed by atoms with Gasteiger partial charge >= 0.3 is 0 Å². The van der Waals surface area contributed by atoms with E-state index in [-0.39, 0.29) is 5.82 Å². The van der Waals surface area contributed by atoms with Gasteiger partial charge in [0, 0.05) is 14.5 Å². The second-order valence-electron chi connectivity index (χ2n) is 4.84. The van der Waals surface area contributed by atoms with Gasteiger partial charge in [-0.1, -0.05) is 50.1 Å². The van der Waals surface area contributed by atoms with Gasteiger partial charge in [0.2, 0.25) is 0 Å². The molecule has 19 heavy (non-hydrogen) atoms. The van der Waals surface area contributed by atoms with E-state index in [4.69, 9.17) is 5.73 Å². The van der Waals surface area contributed by atoms with Crippen LogP contribution in [0, 0.1) is 5.82 Å². The highest BCUT2D eigenvalue weighted by atomic mass is 79.9. The summed E-state index contributed by atoms with van der Waals surface area (Å²) in [7, 11) is 0. The normalized spacial score (nSPS) is 14.2. The molecule has 0 spiro atoms. The Kier molecular flexibility index (Phi) is 4.43. The van der Waals surface area contributed by atoms with Gasteiger partial charge < -0.3 is 5.73 Å². The Morgan fingerprint density at radius 3 is 2.53 bits per heavy atom. The second-order valence-corrected chi connectivity index (χ2v) is 6.61. The van der Waals surface area contributed by atoms with E-state index < -0.39 is 5.54 Å². The standard InChI is InChI=1S/C15H14Br2FN/c1-15(19,11-3-2-4-12(16)7-11)9-10-5-6-13(18)8-14(10)17/h2-8H,9,19H2,1H3. The number of rotatable bonds is 3. The number of nitrogens with two attached hydrogens (primary N) is 1. The van der Waals surface area contributed by atoms with Gasteiger partial charge in [-0.3, -0.25) is 0 Å². The van der Waals surface area contributed by atoms with Crippen LogP contribution in [0.2, 0.25) is 0 Å². The van der Waals surface area contributed by atoms with E-state index in [9.17, 15) is 4.39 Å². The molecule has 2 N–H and O–H groups in total. The topological polar surface area (TPSA) is 26.0 Å². The molecule has 0 saturated heterocycles. The lowest BCUT2D eigenvalue weighted by Crippen LogP contribution is -2.35. The average Bonchev–Trinajstić information content (AvgIpc) is 2.33. The zero-order chi connectivity index (χ0) is 14.0. The summed E-state index contributed by atoms with van der Waals surface area (Å²) >= 11 is 6.83. The van der Waals surface area contributed by atoms with Gasteiger partial charge in [0.05, 0.1) is 0 Å². The molecule has 0 saturated carbocycles. The van der Waals surface area contributed by atoms with Gasteiger partial charge in [-0.15, -0.1) is 0 Å². The van der Waals surface area contributed by atoms with Gasteiger partial charge in [0.25, 0.3) is 0 Å². The molecule has 2 aromatic carbocycles. The van der Waals surface area contributed by atoms with Crippen molar-refractivity contribution in [3.63, 3.8) is 0 Å². The fourth-order valence-electron chi connectivity index (χ4n) is 2.01. The molecule has 100 valence electrons. The maximum absolute atomic E-state index is 13.1. The fourth-order valence-corrected chi connectivity index (χ4v) is 2.90. The SMILES string of the molecule is CC(N)(Cc1ccc(F)cc1Br)c1cccc(Br)c1. The third-order valence-electron chi connectivity index (χ3n) is 3.06. The third kappa shape index (κ3) is 3.65. The molecule has 0 heterocycles. The first-order valence-corrected chi connectivity index (χ1v) is 7.46. The Balaban J connectivity index is 2.30. The Labute approximate surface area is 129 Å². The van der Waals surface area contributed by atoms with Crippen LogP contribution < -0.4 is 5.73 Å². The molecule has 0 aliphatic carbocycles. The lowest BCUT2D eigenvalue weighted by atomic mass is 9.87. The maximum atomic E-state index is 13.1. The summed E-state index contributed by atoms with van der Waals surface area (Å²) in [5, 5.41) is 0. The first-order chi connectivity index (χ1) is 8.88. The summed E-state index contributed by atoms with van der Waals surface area (Å²) < 4.78 is 14.8. The minimum Gasteiger partial charge on any atom is -0.321 e. The smallest absolute Gasteiger partial charge is 0.124 e. The van der Waals surface area contributed by atoms with E-state index in [2.05, 4.69) is 31.9 Å². The molecule has 0 aliphatic heterocycles. The highest BCUT2D eigenvalue weighted by Gasteiger charge is 2.23. The van der Waals surface area contributed by atoms with Crippen molar-refractivity contribution in [1.82, 2.24) is 0 Å². The van der Waals surface area contributed by atoms with Crippen molar-refractivity contribution >= 4 is 31.9 Å². The molecule has 0 radical (unpaired) electrons. The van der Waals surface area contributed by atoms with Gasteiger partial charge in [0.15, 0.2) is 0 Å². The monoisotopic (exact) mass is 385 g/mol. The van der Waals surface area contributed by atoms with Crippen molar-refractivity contribution < 1.29 is 4.39 Å². The van der Waals surface area contributed by atoms with Crippen LogP contribution in [0.4, 0.5) is 4.39 Å². The molecule has 4 heteroatoms. The molecule has 2 aromatic rings. The summed E-state index contributed by atoms with van der Waals surface area (Å²) in [5.41, 5.74) is 7.93. The van der Waals surface area contributed by atoms with Crippen LogP contribution in [0.3, 0.4) is 0 Å². The van der Waals surface area contributed by atoms with Crippen molar-refractivity contribution in [3.05, 3.63) is 68.4 Å². The summed E-state index contributed by atoms with van der Waals surface area (Å²) in [4.78, 5) is 0. The maximum Gasteiger partial charge on any atom is 0.124 e. The summed E-state index contributed by atoms with van der Waals surface area (Å²) in [5.74, 6) is -0.253. The van der Waals surface area contributed by atoms with Crippen LogP contribution in [0.1, 0.15) is 18.1 Å². The minimum absolute atomic E-state index is 0.253. The minimum atomic E-state index is -0.510. The van der Waals surface area contributed by atoms with Crippen molar-refractivity contribution in [2.45, 2.75) is 18.9 Å². The largest absolute Gasteiger partial charge is 0.321 e. The first-order valence-electron chi connectivity index (χ1n) is 5.87. The highest BCUT2D eigenvalue weighted by molar-refractivity contribution is 9.10. The van der Waals surface area contributed by atoms with Crippen LogP contribution >= 0.6 is 31.9 Å². The van der Waals surface area contributed by atoms with E-state index in [1.165, 1.54) is 12.1 Å². The molecule has 0 aromatic heterocycles. The number of halogens is 3. The molecule has 0 amide bonds. The Hall–Kier alpha value is -0.710. The second kappa shape index (κ2) is 5.73. The number of hydrogen-bond donors (Lipinski definition) is 1. The van der Waals surface area contributed by atoms with E-state index in [1.807, 2.05) is 31.2 Å². The van der Waals surface area contributed by atoms with E-state index in [1.54, 1.807) is 6.07 Å². The number of benzene rings is 2. The molecule has 1 unspecified atom stereocenters. The number of hydrogen-bond acceptors (Lipinski definition) is 1. The van der Waals surface area contributed by atoms with Gasteiger partial charge in [-0.2, -0.15) is 0 Å². The van der Waals surface area contributed by atoms with Crippen LogP contribution in [-0.2, 0) is 12.0 Å². The quantitative estimate of drug-likeness (QED) is 0.807. The zero-order valence-electron chi connectivity index (χ0n) is 10.5. The Morgan fingerprint density at radius 2 is 1.89 bits per heavy atom. The van der Waals surface area contributed by atoms with Gasteiger partial charge in [-0.25, -0.2) is 4.39 Å². The molecule has 0 bridgehead atoms. The van der Waals surface area contributed by atoms with Gasteiger partial charge in [0.1, 0.15) is 5.82 Å². The molecule has 1 nitrogen and oxygen atoms in total. The van der Waals surface area contributed by atoms with Crippen LogP contribution in [-0.4, -0.2) is 0 Å². The molecular weight excluding hydrogens is 373 g/mol. The van der Waals surface area contributed by atoms with E-state index in [0.717, 1.165) is 20.1 Å². The van der Waals surface area contributed by atoms with E-state index in [0.29, 0.717) is 6.42 Å². The lowest BCUT2D eigenvalue weighted by Gasteiger charge is -2.26. The highest BCUT2D eigenvalue weighted by Crippen LogP contribution is 2.28. The zero-order valence-corrected chi connectivity index (χ0v) is 13.6. The average molecular weight is 387 g/mol. The van der Waals surface area contributed by atoms with Crippen LogP contribution in [0.5, 0.6) is 0 Å². The molecule has 2 rings (SSSR count). The summed E-state index contributed by atoms with van der Waals surface area (Å²) in [6, 6.07) is 12.6. The summed E-state index contributed by atoms with van der Waals surface area (Å²) in [6.45, 7) is 1.98. The molecule has 1 atom stereocenters. The predicted octanol–water partition coefficient (Wildman–Crippen LogP) is 4.77. The third-order valence-corrected chi connectivity index (χ3v) is 4.29. The molecule has 0 aliphatic rings. The lowest BCUT2D eigenvalue weighted by molar-refractivity contribution is 0.489. The van der Waals surface area contributed by atoms with Gasteiger partial charge in [-0.05, 0) is 48.7 Å². The van der Waals surface area contributed by atoms with E-state index >= 15 is 0 Å². The molecule has 0 fully saturated rings. The fraction of sp³-hybridized carbons (Fsp3) is 0.200. The van der Waals surface area contributed by atoms with Crippen molar-refractivity contribution in [1.29, 1.82) is 0 Å². The van der Waals surface area contributed by atoms with Crippen molar-refractivity contribution in [2.75, 3.05) is 0 Å². The first kappa shape index (κ1) is 14.7. The van der Waals surface area contributed by atoms with Crippen LogP contribution in [0.25, 0.3) is 0 Å². The Bertz CT molecular complexity index is 596. The molecular formula is C15H14Br2FN. The van der Waals surface area contributed by atoms with Crippen LogP contribution in [0.15, 0.2) is 51.4 Å². The van der Waals surface area contributed by atoms with Crippen molar-refractivity contribution in [3.8, 4) is 0 Å². The Morgan fingerprint density at radius 1 is 1.16 bits per heavy atom. The predicted molar refractivity (Wildman–Crippen MR) is 83.5 cm³/mol. The summed E-state index contributed by atoms with van der Waals surface area (Å²) in [6.07, 6.45) is 0.629. The van der Waals surface area contributed by atoms with Crippen molar-refractivity contribution in [2.24, 2.45) is 5.73 Å².